The van der Waals surface area contributed by atoms with Crippen LogP contribution in [0.5, 0.6) is 0 Å². The average molecular weight is 295 g/mol. The number of amides is 1. The lowest BCUT2D eigenvalue weighted by atomic mass is 10.1. The Hall–Kier alpha value is -1.52. The fraction of sp³-hybridized carbons (Fsp3) is 0.214. The third-order valence-electron chi connectivity index (χ3n) is 2.68. The van der Waals surface area contributed by atoms with Crippen LogP contribution in [0.1, 0.15) is 16.9 Å². The van der Waals surface area contributed by atoms with E-state index in [0.29, 0.717) is 19.4 Å². The molecule has 2 aromatic rings. The summed E-state index contributed by atoms with van der Waals surface area (Å²) in [6.07, 6.45) is 1.16. The summed E-state index contributed by atoms with van der Waals surface area (Å²) in [5.74, 6) is 0.0342. The van der Waals surface area contributed by atoms with Crippen LogP contribution in [0.25, 0.3) is 0 Å². The second-order valence-electron chi connectivity index (χ2n) is 4.23. The van der Waals surface area contributed by atoms with Gasteiger partial charge in [-0.25, -0.2) is 0 Å². The number of halogens is 1. The average Bonchev–Trinajstić information content (AvgIpc) is 2.80. The Morgan fingerprint density at radius 1 is 1.32 bits per heavy atom. The van der Waals surface area contributed by atoms with Crippen molar-refractivity contribution in [2.75, 3.05) is 5.73 Å². The number of thiophene rings is 1. The van der Waals surface area contributed by atoms with Gasteiger partial charge in [0.2, 0.25) is 5.91 Å². The summed E-state index contributed by atoms with van der Waals surface area (Å²) in [4.78, 5) is 12.8. The van der Waals surface area contributed by atoms with E-state index < -0.39 is 0 Å². The highest BCUT2D eigenvalue weighted by Gasteiger charge is 2.04. The Balaban J connectivity index is 1.75. The third-order valence-corrected chi connectivity index (χ3v) is 3.91. The van der Waals surface area contributed by atoms with Crippen molar-refractivity contribution in [3.05, 3.63) is 51.2 Å². The van der Waals surface area contributed by atoms with E-state index in [1.165, 1.54) is 11.3 Å². The summed E-state index contributed by atoms with van der Waals surface area (Å²) in [6, 6.07) is 11.4. The van der Waals surface area contributed by atoms with Gasteiger partial charge >= 0.3 is 0 Å². The zero-order valence-corrected chi connectivity index (χ0v) is 11.9. The van der Waals surface area contributed by atoms with Gasteiger partial charge in [-0.3, -0.25) is 4.79 Å². The molecular formula is C14H15ClN2OS. The zero-order valence-electron chi connectivity index (χ0n) is 10.4. The van der Waals surface area contributed by atoms with E-state index in [1.807, 2.05) is 36.4 Å². The predicted octanol–water partition coefficient (Wildman–Crippen LogP) is 3.23. The molecule has 0 atom stereocenters. The first kappa shape index (κ1) is 13.9. The van der Waals surface area contributed by atoms with Crippen molar-refractivity contribution in [2.24, 2.45) is 0 Å². The number of hydrogen-bond acceptors (Lipinski definition) is 3. The van der Waals surface area contributed by atoms with E-state index in [-0.39, 0.29) is 5.91 Å². The highest BCUT2D eigenvalue weighted by atomic mass is 35.5. The maximum absolute atomic E-state index is 11.7. The van der Waals surface area contributed by atoms with Crippen molar-refractivity contribution in [1.29, 1.82) is 0 Å². The molecule has 1 aromatic carbocycles. The fourth-order valence-electron chi connectivity index (χ4n) is 1.73. The van der Waals surface area contributed by atoms with Crippen molar-refractivity contribution < 1.29 is 4.79 Å². The van der Waals surface area contributed by atoms with E-state index in [4.69, 9.17) is 17.3 Å². The van der Waals surface area contributed by atoms with Crippen molar-refractivity contribution in [1.82, 2.24) is 5.32 Å². The molecule has 0 radical (unpaired) electrons. The molecule has 0 aliphatic heterocycles. The maximum Gasteiger partial charge on any atom is 0.220 e. The highest BCUT2D eigenvalue weighted by Crippen LogP contribution is 2.21. The Kier molecular flexibility index (Phi) is 4.82. The zero-order chi connectivity index (χ0) is 13.7. The van der Waals surface area contributed by atoms with Gasteiger partial charge in [0.25, 0.3) is 0 Å². The van der Waals surface area contributed by atoms with Crippen LogP contribution in [0.3, 0.4) is 0 Å². The molecule has 100 valence electrons. The van der Waals surface area contributed by atoms with Crippen LogP contribution in [0.4, 0.5) is 5.69 Å². The van der Waals surface area contributed by atoms with Crippen LogP contribution < -0.4 is 11.1 Å². The SMILES string of the molecule is Nc1cccc(CCC(=O)NCc2ccc(Cl)s2)c1. The second kappa shape index (κ2) is 6.59. The lowest BCUT2D eigenvalue weighted by Crippen LogP contribution is -2.22. The molecule has 0 aliphatic carbocycles. The van der Waals surface area contributed by atoms with Crippen molar-refractivity contribution in [3.63, 3.8) is 0 Å². The van der Waals surface area contributed by atoms with Crippen LogP contribution in [-0.2, 0) is 17.8 Å². The number of benzene rings is 1. The highest BCUT2D eigenvalue weighted by molar-refractivity contribution is 7.16. The summed E-state index contributed by atoms with van der Waals surface area (Å²) >= 11 is 7.31. The third kappa shape index (κ3) is 4.58. The number of hydrogen-bond donors (Lipinski definition) is 2. The van der Waals surface area contributed by atoms with Gasteiger partial charge in [-0.1, -0.05) is 23.7 Å². The largest absolute Gasteiger partial charge is 0.399 e. The molecule has 0 saturated carbocycles. The molecule has 0 unspecified atom stereocenters. The number of nitrogens with one attached hydrogen (secondary N) is 1. The topological polar surface area (TPSA) is 55.1 Å². The molecule has 3 N–H and O–H groups in total. The Bertz CT molecular complexity index is 568. The molecule has 2 rings (SSSR count). The van der Waals surface area contributed by atoms with E-state index in [2.05, 4.69) is 5.32 Å². The number of carbonyl (C=O) groups is 1. The summed E-state index contributed by atoms with van der Waals surface area (Å²) < 4.78 is 0.740. The van der Waals surface area contributed by atoms with Crippen molar-refractivity contribution in [2.45, 2.75) is 19.4 Å². The van der Waals surface area contributed by atoms with Crippen LogP contribution in [0.2, 0.25) is 4.34 Å². The number of anilines is 1. The lowest BCUT2D eigenvalue weighted by molar-refractivity contribution is -0.121. The summed E-state index contributed by atoms with van der Waals surface area (Å²) in [5.41, 5.74) is 7.50. The first-order valence-corrected chi connectivity index (χ1v) is 7.18. The Labute approximate surface area is 121 Å². The minimum Gasteiger partial charge on any atom is -0.399 e. The molecule has 0 spiro atoms. The van der Waals surface area contributed by atoms with E-state index in [1.54, 1.807) is 0 Å². The van der Waals surface area contributed by atoms with Gasteiger partial charge in [-0.15, -0.1) is 11.3 Å². The fourth-order valence-corrected chi connectivity index (χ4v) is 2.75. The molecule has 1 amide bonds. The standard InChI is InChI=1S/C14H15ClN2OS/c15-13-6-5-12(19-13)9-17-14(18)7-4-10-2-1-3-11(16)8-10/h1-3,5-6,8H,4,7,9,16H2,(H,17,18). The number of nitrogens with two attached hydrogens (primary N) is 1. The first-order chi connectivity index (χ1) is 9.13. The Morgan fingerprint density at radius 2 is 2.16 bits per heavy atom. The lowest BCUT2D eigenvalue weighted by Gasteiger charge is -2.04. The first-order valence-electron chi connectivity index (χ1n) is 5.99. The molecule has 3 nitrogen and oxygen atoms in total. The number of nitrogen functional groups attached to an aromatic ring is 1. The van der Waals surface area contributed by atoms with E-state index in [0.717, 1.165) is 20.5 Å². The maximum atomic E-state index is 11.7. The molecule has 0 fully saturated rings. The molecule has 0 bridgehead atoms. The molecular weight excluding hydrogens is 280 g/mol. The predicted molar refractivity (Wildman–Crippen MR) is 80.4 cm³/mol. The van der Waals surface area contributed by atoms with Crippen LogP contribution >= 0.6 is 22.9 Å². The minimum absolute atomic E-state index is 0.0342. The molecule has 0 aliphatic rings. The molecule has 1 heterocycles. The van der Waals surface area contributed by atoms with E-state index >= 15 is 0 Å². The van der Waals surface area contributed by atoms with Crippen LogP contribution in [-0.4, -0.2) is 5.91 Å². The smallest absolute Gasteiger partial charge is 0.220 e. The summed E-state index contributed by atoms with van der Waals surface area (Å²) in [5, 5.41) is 2.88. The molecule has 0 saturated heterocycles. The Morgan fingerprint density at radius 3 is 2.84 bits per heavy atom. The molecule has 5 heteroatoms. The number of aryl methyl sites for hydroxylation is 1. The van der Waals surface area contributed by atoms with Gasteiger partial charge in [-0.2, -0.15) is 0 Å². The quantitative estimate of drug-likeness (QED) is 0.832. The van der Waals surface area contributed by atoms with Crippen LogP contribution in [0.15, 0.2) is 36.4 Å². The van der Waals surface area contributed by atoms with Gasteiger partial charge in [-0.05, 0) is 36.2 Å². The summed E-state index contributed by atoms with van der Waals surface area (Å²) in [6.45, 7) is 0.535. The van der Waals surface area contributed by atoms with Crippen molar-refractivity contribution in [3.8, 4) is 0 Å². The number of rotatable bonds is 5. The number of carbonyl (C=O) groups excluding carboxylic acids is 1. The van der Waals surface area contributed by atoms with Gasteiger partial charge in [0, 0.05) is 17.0 Å². The minimum atomic E-state index is 0.0342. The normalized spacial score (nSPS) is 10.4. The van der Waals surface area contributed by atoms with Gasteiger partial charge in [0.15, 0.2) is 0 Å². The van der Waals surface area contributed by atoms with Gasteiger partial charge in [0.05, 0.1) is 10.9 Å². The van der Waals surface area contributed by atoms with Crippen LogP contribution in [0, 0.1) is 0 Å². The van der Waals surface area contributed by atoms with Crippen molar-refractivity contribution >= 4 is 34.5 Å². The molecule has 1 aromatic heterocycles. The second-order valence-corrected chi connectivity index (χ2v) is 6.03. The summed E-state index contributed by atoms with van der Waals surface area (Å²) in [7, 11) is 0. The monoisotopic (exact) mass is 294 g/mol. The van der Waals surface area contributed by atoms with Gasteiger partial charge < -0.3 is 11.1 Å². The van der Waals surface area contributed by atoms with E-state index in [9.17, 15) is 4.79 Å². The van der Waals surface area contributed by atoms with Gasteiger partial charge in [0.1, 0.15) is 0 Å². The molecule has 19 heavy (non-hydrogen) atoms.